The molecule has 0 amide bonds. The van der Waals surface area contributed by atoms with Crippen molar-refractivity contribution in [3.63, 3.8) is 0 Å². The number of hydrogen-bond acceptors (Lipinski definition) is 11. The maximum atomic E-state index is 12.5. The van der Waals surface area contributed by atoms with E-state index in [1.807, 2.05) is 0 Å². The van der Waals surface area contributed by atoms with Crippen LogP contribution in [0.1, 0.15) is 68.8 Å². The lowest BCUT2D eigenvalue weighted by molar-refractivity contribution is 0.265. The Balaban J connectivity index is 0.000000183. The largest absolute Gasteiger partial charge is 0.394 e. The molecule has 11 nitrogen and oxygen atoms in total. The fraction of sp³-hybridized carbons (Fsp3) is 0.562. The number of aliphatic hydroxyl groups is 2. The normalized spacial score (nSPS) is 23.1. The van der Waals surface area contributed by atoms with Crippen LogP contribution in [0.15, 0.2) is 38.5 Å². The highest BCUT2D eigenvalue weighted by Gasteiger charge is 2.45. The Morgan fingerprint density at radius 3 is 1.85 bits per heavy atom. The molecule has 5 heterocycles. The zero-order valence-corrected chi connectivity index (χ0v) is 29.3. The predicted octanol–water partition coefficient (Wildman–Crippen LogP) is 4.59. The third-order valence-corrected chi connectivity index (χ3v) is 13.2. The minimum absolute atomic E-state index is 0. The summed E-state index contributed by atoms with van der Waals surface area (Å²) in [5, 5.41) is 25.7. The van der Waals surface area contributed by atoms with Crippen LogP contribution in [0.2, 0.25) is 5.28 Å². The van der Waals surface area contributed by atoms with Crippen LogP contribution in [-0.4, -0.2) is 87.5 Å². The van der Waals surface area contributed by atoms with Gasteiger partial charge in [0.25, 0.3) is 0 Å². The molecule has 2 saturated carbocycles. The van der Waals surface area contributed by atoms with Crippen molar-refractivity contribution in [2.75, 3.05) is 53.3 Å². The van der Waals surface area contributed by atoms with Gasteiger partial charge in [-0.05, 0) is 73.7 Å². The maximum absolute atomic E-state index is 12.5. The number of piperidine rings is 1. The number of nitrogens with zero attached hydrogens (tertiary/aromatic N) is 5. The van der Waals surface area contributed by atoms with Crippen LogP contribution in [-0.2, 0) is 34.4 Å². The van der Waals surface area contributed by atoms with Crippen LogP contribution in [0.4, 0.5) is 17.6 Å². The topological polar surface area (TPSA) is 153 Å². The van der Waals surface area contributed by atoms with Crippen molar-refractivity contribution >= 4 is 66.7 Å². The molecule has 2 atom stereocenters. The van der Waals surface area contributed by atoms with Gasteiger partial charge in [-0.15, -0.1) is 0 Å². The van der Waals surface area contributed by atoms with E-state index in [2.05, 4.69) is 65.7 Å². The summed E-state index contributed by atoms with van der Waals surface area (Å²) >= 11 is 9.35. The van der Waals surface area contributed by atoms with Crippen LogP contribution < -0.4 is 15.5 Å². The number of aryl methyl sites for hydroxylation is 2. The molecule has 3 fully saturated rings. The fourth-order valence-corrected chi connectivity index (χ4v) is 9.32. The second-order valence-corrected chi connectivity index (χ2v) is 17.1. The van der Waals surface area contributed by atoms with Gasteiger partial charge < -0.3 is 25.7 Å². The lowest BCUT2D eigenvalue weighted by Crippen LogP contribution is -2.35. The zero-order valence-electron chi connectivity index (χ0n) is 25.3. The molecule has 2 aromatic heterocycles. The molecular weight excluding hydrogens is 726 g/mol. The molecule has 1 aromatic carbocycles. The van der Waals surface area contributed by atoms with Gasteiger partial charge in [0.15, 0.2) is 0 Å². The van der Waals surface area contributed by atoms with Gasteiger partial charge in [0.2, 0.25) is 11.2 Å². The second-order valence-electron chi connectivity index (χ2n) is 12.8. The van der Waals surface area contributed by atoms with Crippen LogP contribution in [0, 0.1) is 0 Å². The van der Waals surface area contributed by atoms with Crippen LogP contribution >= 0.6 is 27.5 Å². The van der Waals surface area contributed by atoms with Crippen molar-refractivity contribution in [3.8, 4) is 0 Å². The standard InChI is InChI=1S/C21H25BrN4O2S.C10H12ClN3O2S.CH4/c22-16-3-1-14(2-4-16)15-5-10-26(11-6-15)20-23-17-7-12-29(28)18(17)19(24-20)25-21(13-27)8-9-21;11-9-12-6-1-4-17(16)7(6)8(13-9)14-10(5-15)2-3-10;/h1-4,15,27H,5-13H2,(H,23,24,25);15H,1-5H2,(H,12,13,14);1H4. The summed E-state index contributed by atoms with van der Waals surface area (Å²) < 4.78 is 25.5. The van der Waals surface area contributed by atoms with E-state index in [1.165, 1.54) is 5.56 Å². The van der Waals surface area contributed by atoms with Gasteiger partial charge in [-0.1, -0.05) is 35.5 Å². The van der Waals surface area contributed by atoms with E-state index in [4.69, 9.17) is 21.6 Å². The van der Waals surface area contributed by atoms with Gasteiger partial charge in [-0.25, -0.2) is 9.97 Å². The first-order valence-corrected chi connectivity index (χ1v) is 19.5. The van der Waals surface area contributed by atoms with Gasteiger partial charge >= 0.3 is 0 Å². The summed E-state index contributed by atoms with van der Waals surface area (Å²) in [6.45, 7) is 1.95. The average molecular weight is 767 g/mol. The number of aliphatic hydroxyl groups excluding tert-OH is 2. The monoisotopic (exact) mass is 765 g/mol. The molecule has 0 spiro atoms. The molecular formula is C32H41BrClN7O4S2. The Bertz CT molecular complexity index is 1680. The number of fused-ring (bicyclic) bond motifs is 2. The lowest BCUT2D eigenvalue weighted by atomic mass is 9.90. The maximum Gasteiger partial charge on any atom is 0.227 e. The number of aromatic nitrogens is 4. The van der Waals surface area contributed by atoms with Crippen molar-refractivity contribution in [2.24, 2.45) is 0 Å². The highest BCUT2D eigenvalue weighted by atomic mass is 79.9. The summed E-state index contributed by atoms with van der Waals surface area (Å²) in [5.41, 5.74) is 2.47. The summed E-state index contributed by atoms with van der Waals surface area (Å²) in [6.07, 6.45) is 7.16. The number of anilines is 3. The summed E-state index contributed by atoms with van der Waals surface area (Å²) in [4.78, 5) is 21.4. The first-order valence-electron chi connectivity index (χ1n) is 15.7. The molecule has 15 heteroatoms. The molecule has 3 aromatic rings. The molecule has 3 aliphatic heterocycles. The van der Waals surface area contributed by atoms with E-state index in [-0.39, 0.29) is 37.0 Å². The molecule has 47 heavy (non-hydrogen) atoms. The minimum atomic E-state index is -1.06. The van der Waals surface area contributed by atoms with Crippen molar-refractivity contribution in [1.82, 2.24) is 19.9 Å². The van der Waals surface area contributed by atoms with Crippen molar-refractivity contribution in [2.45, 2.75) is 85.6 Å². The Morgan fingerprint density at radius 1 is 0.830 bits per heavy atom. The molecule has 1 saturated heterocycles. The molecule has 8 rings (SSSR count). The highest BCUT2D eigenvalue weighted by molar-refractivity contribution is 9.10. The van der Waals surface area contributed by atoms with Crippen molar-refractivity contribution < 1.29 is 18.6 Å². The smallest absolute Gasteiger partial charge is 0.227 e. The fourth-order valence-electron chi connectivity index (χ4n) is 6.26. The number of hydrogen-bond donors (Lipinski definition) is 4. The number of halogens is 2. The van der Waals surface area contributed by atoms with E-state index in [9.17, 15) is 18.6 Å². The van der Waals surface area contributed by atoms with Crippen LogP contribution in [0.5, 0.6) is 0 Å². The number of nitrogens with one attached hydrogen (secondary N) is 2. The molecule has 2 aliphatic carbocycles. The molecule has 0 radical (unpaired) electrons. The average Bonchev–Trinajstić information content (AvgIpc) is 3.95. The lowest BCUT2D eigenvalue weighted by Gasteiger charge is -2.33. The Hall–Kier alpha value is -2.23. The predicted molar refractivity (Wildman–Crippen MR) is 189 cm³/mol. The van der Waals surface area contributed by atoms with Crippen LogP contribution in [0.3, 0.4) is 0 Å². The van der Waals surface area contributed by atoms with Gasteiger partial charge in [0.1, 0.15) is 21.4 Å². The third-order valence-electron chi connectivity index (χ3n) is 9.54. The highest BCUT2D eigenvalue weighted by Crippen LogP contribution is 2.42. The Kier molecular flexibility index (Phi) is 10.3. The van der Waals surface area contributed by atoms with Gasteiger partial charge in [0.05, 0.1) is 57.3 Å². The molecule has 2 unspecified atom stereocenters. The minimum Gasteiger partial charge on any atom is -0.394 e. The van der Waals surface area contributed by atoms with E-state index in [0.717, 1.165) is 84.7 Å². The summed E-state index contributed by atoms with van der Waals surface area (Å²) in [7, 11) is -2.11. The molecule has 4 N–H and O–H groups in total. The van der Waals surface area contributed by atoms with Gasteiger partial charge in [0, 0.05) is 41.9 Å². The molecule has 5 aliphatic rings. The van der Waals surface area contributed by atoms with E-state index in [0.29, 0.717) is 40.4 Å². The van der Waals surface area contributed by atoms with Crippen molar-refractivity contribution in [1.29, 1.82) is 0 Å². The van der Waals surface area contributed by atoms with E-state index >= 15 is 0 Å². The zero-order chi connectivity index (χ0) is 32.1. The summed E-state index contributed by atoms with van der Waals surface area (Å²) in [6, 6.07) is 8.63. The first kappa shape index (κ1) is 34.6. The van der Waals surface area contributed by atoms with Crippen LogP contribution in [0.25, 0.3) is 0 Å². The van der Waals surface area contributed by atoms with Gasteiger partial charge in [-0.2, -0.15) is 9.97 Å². The van der Waals surface area contributed by atoms with E-state index in [1.54, 1.807) is 0 Å². The SMILES string of the molecule is C.O=S1CCc2nc(Cl)nc(NC3(CO)CC3)c21.O=S1CCc2nc(N3CCC(c4ccc(Br)cc4)CC3)nc(NC3(CO)CC3)c21. The summed E-state index contributed by atoms with van der Waals surface area (Å²) in [5.74, 6) is 3.67. The Labute approximate surface area is 293 Å². The molecule has 0 bridgehead atoms. The van der Waals surface area contributed by atoms with E-state index < -0.39 is 21.6 Å². The number of rotatable bonds is 8. The second kappa shape index (κ2) is 13.9. The Morgan fingerprint density at radius 2 is 1.34 bits per heavy atom. The third kappa shape index (κ3) is 7.37. The molecule has 254 valence electrons. The quantitative estimate of drug-likeness (QED) is 0.238. The van der Waals surface area contributed by atoms with Gasteiger partial charge in [-0.3, -0.25) is 8.42 Å². The first-order chi connectivity index (χ1) is 22.2. The number of benzene rings is 1. The van der Waals surface area contributed by atoms with Crippen molar-refractivity contribution in [3.05, 3.63) is 51.0 Å².